The molecule has 0 N–H and O–H groups in total. The zero-order valence-corrected chi connectivity index (χ0v) is 13.9. The van der Waals surface area contributed by atoms with Crippen LogP contribution in [0.25, 0.3) is 0 Å². The molecule has 2 aromatic carbocycles. The lowest BCUT2D eigenvalue weighted by Crippen LogP contribution is -2.46. The highest BCUT2D eigenvalue weighted by atomic mass is 14.5. The molecule has 0 aliphatic carbocycles. The summed E-state index contributed by atoms with van der Waals surface area (Å²) < 4.78 is 0. The van der Waals surface area contributed by atoms with Crippen molar-refractivity contribution in [3.05, 3.63) is 71.8 Å². The van der Waals surface area contributed by atoms with E-state index in [-0.39, 0.29) is 10.8 Å². The van der Waals surface area contributed by atoms with Gasteiger partial charge < -0.3 is 0 Å². The number of hydrogen-bond acceptors (Lipinski definition) is 0. The third kappa shape index (κ3) is 2.52. The molecule has 0 heterocycles. The molecule has 2 rings (SSSR count). The Hall–Kier alpha value is -1.56. The average Bonchev–Trinajstić information content (AvgIpc) is 2.58. The summed E-state index contributed by atoms with van der Waals surface area (Å²) in [5.74, 6) is 0. The molecule has 0 saturated carbocycles. The first-order valence-electron chi connectivity index (χ1n) is 8.25. The van der Waals surface area contributed by atoms with Crippen LogP contribution in [0, 0.1) is 0 Å². The monoisotopic (exact) mass is 280 g/mol. The minimum atomic E-state index is 0.152. The molecule has 112 valence electrons. The van der Waals surface area contributed by atoms with Gasteiger partial charge in [-0.15, -0.1) is 0 Å². The third-order valence-electron chi connectivity index (χ3n) is 5.71. The van der Waals surface area contributed by atoms with Crippen molar-refractivity contribution < 1.29 is 0 Å². The molecule has 0 nitrogen and oxygen atoms in total. The van der Waals surface area contributed by atoms with E-state index in [1.165, 1.54) is 11.1 Å². The number of rotatable bonds is 6. The Balaban J connectivity index is 2.64. The number of hydrogen-bond donors (Lipinski definition) is 0. The SMILES string of the molecule is CCC(C)(c1ccccc1)C(CC)(CC)c1ccccc1. The lowest BCUT2D eigenvalue weighted by molar-refractivity contribution is 0.204. The normalized spacial score (nSPS) is 14.7. The molecule has 0 spiro atoms. The molecule has 0 aliphatic heterocycles. The van der Waals surface area contributed by atoms with E-state index in [0.717, 1.165) is 19.3 Å². The van der Waals surface area contributed by atoms with E-state index in [2.05, 4.69) is 88.4 Å². The predicted molar refractivity (Wildman–Crippen MR) is 92.8 cm³/mol. The van der Waals surface area contributed by atoms with Crippen LogP contribution in [0.4, 0.5) is 0 Å². The van der Waals surface area contributed by atoms with Crippen molar-refractivity contribution in [2.75, 3.05) is 0 Å². The van der Waals surface area contributed by atoms with Crippen LogP contribution in [0.1, 0.15) is 58.1 Å². The smallest absolute Gasteiger partial charge is 0.00418 e. The molecule has 0 saturated heterocycles. The van der Waals surface area contributed by atoms with E-state index in [9.17, 15) is 0 Å². The summed E-state index contributed by atoms with van der Waals surface area (Å²) in [7, 11) is 0. The molecule has 1 unspecified atom stereocenters. The standard InChI is InChI=1S/C21H28/c1-5-20(4,18-14-10-8-11-15-18)21(6-2,7-3)19-16-12-9-13-17-19/h8-17H,5-7H2,1-4H3. The summed E-state index contributed by atoms with van der Waals surface area (Å²) in [5, 5.41) is 0. The summed E-state index contributed by atoms with van der Waals surface area (Å²) >= 11 is 0. The van der Waals surface area contributed by atoms with E-state index in [0.29, 0.717) is 0 Å². The first kappa shape index (κ1) is 15.8. The van der Waals surface area contributed by atoms with Gasteiger partial charge in [0, 0.05) is 10.8 Å². The molecular weight excluding hydrogens is 252 g/mol. The van der Waals surface area contributed by atoms with Crippen molar-refractivity contribution in [2.45, 2.75) is 57.8 Å². The van der Waals surface area contributed by atoms with Gasteiger partial charge in [0.25, 0.3) is 0 Å². The fourth-order valence-corrected chi connectivity index (χ4v) is 4.14. The van der Waals surface area contributed by atoms with Crippen molar-refractivity contribution in [1.82, 2.24) is 0 Å². The second kappa shape index (κ2) is 6.47. The second-order valence-electron chi connectivity index (χ2n) is 6.21. The van der Waals surface area contributed by atoms with Gasteiger partial charge in [-0.1, -0.05) is 88.4 Å². The fourth-order valence-electron chi connectivity index (χ4n) is 4.14. The van der Waals surface area contributed by atoms with Crippen LogP contribution in [-0.4, -0.2) is 0 Å². The van der Waals surface area contributed by atoms with Crippen LogP contribution in [0.15, 0.2) is 60.7 Å². The molecule has 0 radical (unpaired) electrons. The summed E-state index contributed by atoms with van der Waals surface area (Å²) in [6.07, 6.45) is 3.47. The van der Waals surface area contributed by atoms with Gasteiger partial charge in [0.05, 0.1) is 0 Å². The summed E-state index contributed by atoms with van der Waals surface area (Å²) in [4.78, 5) is 0. The topological polar surface area (TPSA) is 0 Å². The second-order valence-corrected chi connectivity index (χ2v) is 6.21. The molecular formula is C21H28. The van der Waals surface area contributed by atoms with Crippen molar-refractivity contribution in [3.8, 4) is 0 Å². The molecule has 21 heavy (non-hydrogen) atoms. The molecule has 0 fully saturated rings. The first-order valence-corrected chi connectivity index (χ1v) is 8.25. The van der Waals surface area contributed by atoms with Crippen LogP contribution in [0.3, 0.4) is 0 Å². The summed E-state index contributed by atoms with van der Waals surface area (Å²) in [5.41, 5.74) is 3.27. The summed E-state index contributed by atoms with van der Waals surface area (Å²) in [6.45, 7) is 9.46. The molecule has 0 heteroatoms. The lowest BCUT2D eigenvalue weighted by Gasteiger charge is -2.49. The molecule has 0 aromatic heterocycles. The van der Waals surface area contributed by atoms with Crippen molar-refractivity contribution in [3.63, 3.8) is 0 Å². The maximum Gasteiger partial charge on any atom is 0.00418 e. The Morgan fingerprint density at radius 1 is 0.619 bits per heavy atom. The maximum atomic E-state index is 2.45. The van der Waals surface area contributed by atoms with E-state index in [4.69, 9.17) is 0 Å². The predicted octanol–water partition coefficient (Wildman–Crippen LogP) is 6.11. The maximum absolute atomic E-state index is 2.45. The van der Waals surface area contributed by atoms with Gasteiger partial charge in [0.1, 0.15) is 0 Å². The van der Waals surface area contributed by atoms with Gasteiger partial charge in [-0.2, -0.15) is 0 Å². The van der Waals surface area contributed by atoms with Crippen LogP contribution >= 0.6 is 0 Å². The van der Waals surface area contributed by atoms with Crippen molar-refractivity contribution in [1.29, 1.82) is 0 Å². The highest BCUT2D eigenvalue weighted by Crippen LogP contribution is 2.50. The van der Waals surface area contributed by atoms with Gasteiger partial charge >= 0.3 is 0 Å². The minimum Gasteiger partial charge on any atom is -0.0645 e. The molecule has 0 amide bonds. The highest BCUT2D eigenvalue weighted by molar-refractivity contribution is 5.38. The third-order valence-corrected chi connectivity index (χ3v) is 5.71. The Morgan fingerprint density at radius 3 is 1.43 bits per heavy atom. The highest BCUT2D eigenvalue weighted by Gasteiger charge is 2.46. The molecule has 0 aliphatic rings. The van der Waals surface area contributed by atoms with Crippen molar-refractivity contribution >= 4 is 0 Å². The van der Waals surface area contributed by atoms with E-state index in [1.54, 1.807) is 0 Å². The zero-order valence-electron chi connectivity index (χ0n) is 13.9. The van der Waals surface area contributed by atoms with Gasteiger partial charge in [-0.3, -0.25) is 0 Å². The first-order chi connectivity index (χ1) is 10.1. The zero-order chi connectivity index (χ0) is 15.3. The average molecular weight is 280 g/mol. The largest absolute Gasteiger partial charge is 0.0645 e. The lowest BCUT2D eigenvalue weighted by atomic mass is 9.54. The Kier molecular flexibility index (Phi) is 4.88. The minimum absolute atomic E-state index is 0.152. The van der Waals surface area contributed by atoms with Crippen LogP contribution in [0.5, 0.6) is 0 Å². The fraction of sp³-hybridized carbons (Fsp3) is 0.429. The molecule has 1 atom stereocenters. The van der Waals surface area contributed by atoms with Crippen LogP contribution in [0.2, 0.25) is 0 Å². The van der Waals surface area contributed by atoms with E-state index in [1.807, 2.05) is 0 Å². The van der Waals surface area contributed by atoms with Gasteiger partial charge in [0.15, 0.2) is 0 Å². The summed E-state index contributed by atoms with van der Waals surface area (Å²) in [6, 6.07) is 22.1. The van der Waals surface area contributed by atoms with Crippen LogP contribution in [-0.2, 0) is 10.8 Å². The van der Waals surface area contributed by atoms with Gasteiger partial charge in [0.2, 0.25) is 0 Å². The quantitative estimate of drug-likeness (QED) is 0.598. The Morgan fingerprint density at radius 2 is 1.05 bits per heavy atom. The number of benzene rings is 2. The van der Waals surface area contributed by atoms with Gasteiger partial charge in [-0.25, -0.2) is 0 Å². The van der Waals surface area contributed by atoms with Crippen LogP contribution < -0.4 is 0 Å². The van der Waals surface area contributed by atoms with Gasteiger partial charge in [-0.05, 0) is 30.4 Å². The van der Waals surface area contributed by atoms with Crippen molar-refractivity contribution in [2.24, 2.45) is 0 Å². The molecule has 2 aromatic rings. The Labute approximate surface area is 130 Å². The van der Waals surface area contributed by atoms with E-state index < -0.39 is 0 Å². The van der Waals surface area contributed by atoms with E-state index >= 15 is 0 Å². The molecule has 0 bridgehead atoms. The Bertz CT molecular complexity index is 537.